The minimum absolute atomic E-state index is 0.0428. The first kappa shape index (κ1) is 19.9. The van der Waals surface area contributed by atoms with E-state index in [9.17, 15) is 4.79 Å². The topological polar surface area (TPSA) is 68.0 Å². The number of benzene rings is 1. The Bertz CT molecular complexity index is 758. The number of aromatic nitrogens is 2. The molecule has 1 aromatic carbocycles. The molecule has 3 rings (SSSR count). The van der Waals surface area contributed by atoms with Crippen molar-refractivity contribution in [1.29, 1.82) is 0 Å². The molecule has 0 aliphatic heterocycles. The number of amides is 1. The maximum Gasteiger partial charge on any atom is 0.277 e. The summed E-state index contributed by atoms with van der Waals surface area (Å²) in [7, 11) is 0. The van der Waals surface area contributed by atoms with Crippen LogP contribution in [0.25, 0.3) is 11.5 Å². The highest BCUT2D eigenvalue weighted by Gasteiger charge is 2.22. The summed E-state index contributed by atoms with van der Waals surface area (Å²) in [6.45, 7) is 8.43. The first-order chi connectivity index (χ1) is 12.8. The highest BCUT2D eigenvalue weighted by Crippen LogP contribution is 2.29. The normalized spacial score (nSPS) is 16.9. The predicted molar refractivity (Wildman–Crippen MR) is 109 cm³/mol. The molecule has 0 saturated heterocycles. The minimum atomic E-state index is -0.261. The summed E-state index contributed by atoms with van der Waals surface area (Å²) < 4.78 is 5.77. The van der Waals surface area contributed by atoms with Crippen molar-refractivity contribution in [2.24, 2.45) is 0 Å². The first-order valence-corrected chi connectivity index (χ1v) is 10.6. The highest BCUT2D eigenvalue weighted by molar-refractivity contribution is 8.00. The summed E-state index contributed by atoms with van der Waals surface area (Å²) in [4.78, 5) is 12.4. The van der Waals surface area contributed by atoms with E-state index in [0.717, 1.165) is 18.4 Å². The Balaban J connectivity index is 1.59. The second-order valence-corrected chi connectivity index (χ2v) is 9.60. The van der Waals surface area contributed by atoms with E-state index >= 15 is 0 Å². The molecule has 0 spiro atoms. The highest BCUT2D eigenvalue weighted by atomic mass is 32.2. The Morgan fingerprint density at radius 3 is 2.44 bits per heavy atom. The Labute approximate surface area is 165 Å². The number of carbonyl (C=O) groups excluding carboxylic acids is 1. The van der Waals surface area contributed by atoms with Crippen molar-refractivity contribution in [2.75, 3.05) is 0 Å². The molecule has 2 aromatic rings. The molecule has 6 heteroatoms. The van der Waals surface area contributed by atoms with Crippen LogP contribution in [0.5, 0.6) is 0 Å². The summed E-state index contributed by atoms with van der Waals surface area (Å²) in [5, 5.41) is 11.6. The lowest BCUT2D eigenvalue weighted by molar-refractivity contribution is -0.121. The fourth-order valence-corrected chi connectivity index (χ4v) is 3.95. The van der Waals surface area contributed by atoms with E-state index in [1.807, 2.05) is 19.1 Å². The summed E-state index contributed by atoms with van der Waals surface area (Å²) in [6, 6.07) is 8.50. The van der Waals surface area contributed by atoms with Crippen molar-refractivity contribution in [3.63, 3.8) is 0 Å². The van der Waals surface area contributed by atoms with Crippen molar-refractivity contribution >= 4 is 17.7 Å². The van der Waals surface area contributed by atoms with Gasteiger partial charge in [-0.05, 0) is 42.9 Å². The van der Waals surface area contributed by atoms with Crippen LogP contribution in [0.3, 0.4) is 0 Å². The molecule has 27 heavy (non-hydrogen) atoms. The third kappa shape index (κ3) is 5.34. The van der Waals surface area contributed by atoms with E-state index < -0.39 is 0 Å². The molecular weight excluding hydrogens is 358 g/mol. The van der Waals surface area contributed by atoms with E-state index in [4.69, 9.17) is 4.42 Å². The molecular formula is C21H29N3O2S. The van der Waals surface area contributed by atoms with E-state index in [-0.39, 0.29) is 16.6 Å². The monoisotopic (exact) mass is 387 g/mol. The molecule has 0 radical (unpaired) electrons. The van der Waals surface area contributed by atoms with Gasteiger partial charge in [0, 0.05) is 11.6 Å². The van der Waals surface area contributed by atoms with E-state index in [1.54, 1.807) is 0 Å². The van der Waals surface area contributed by atoms with Gasteiger partial charge in [0.05, 0.1) is 5.25 Å². The fourth-order valence-electron chi connectivity index (χ4n) is 3.26. The van der Waals surface area contributed by atoms with Crippen molar-refractivity contribution in [2.45, 2.75) is 81.7 Å². The van der Waals surface area contributed by atoms with Gasteiger partial charge in [0.2, 0.25) is 11.8 Å². The van der Waals surface area contributed by atoms with Crippen molar-refractivity contribution < 1.29 is 9.21 Å². The summed E-state index contributed by atoms with van der Waals surface area (Å²) in [5.41, 5.74) is 2.25. The van der Waals surface area contributed by atoms with Crippen molar-refractivity contribution in [1.82, 2.24) is 15.5 Å². The second kappa shape index (κ2) is 8.46. The smallest absolute Gasteiger partial charge is 0.277 e. The third-order valence-electron chi connectivity index (χ3n) is 5.00. The molecule has 1 aromatic heterocycles. The molecule has 1 fully saturated rings. The molecule has 5 nitrogen and oxygen atoms in total. The van der Waals surface area contributed by atoms with Gasteiger partial charge in [-0.15, -0.1) is 10.2 Å². The molecule has 1 aliphatic rings. The lowest BCUT2D eigenvalue weighted by atomic mass is 9.87. The Hall–Kier alpha value is -1.82. The fraction of sp³-hybridized carbons (Fsp3) is 0.571. The van der Waals surface area contributed by atoms with Gasteiger partial charge >= 0.3 is 0 Å². The minimum Gasteiger partial charge on any atom is -0.411 e. The summed E-state index contributed by atoms with van der Waals surface area (Å²) in [6.07, 6.45) is 5.84. The average Bonchev–Trinajstić information content (AvgIpc) is 3.10. The maximum atomic E-state index is 12.4. The second-order valence-electron chi connectivity index (χ2n) is 8.30. The number of thioether (sulfide) groups is 1. The van der Waals surface area contributed by atoms with Crippen LogP contribution >= 0.6 is 11.8 Å². The van der Waals surface area contributed by atoms with Gasteiger partial charge < -0.3 is 9.73 Å². The molecule has 1 atom stereocenters. The van der Waals surface area contributed by atoms with Crippen LogP contribution in [0.2, 0.25) is 0 Å². The van der Waals surface area contributed by atoms with Crippen molar-refractivity contribution in [3.8, 4) is 11.5 Å². The average molecular weight is 388 g/mol. The van der Waals surface area contributed by atoms with Crippen molar-refractivity contribution in [3.05, 3.63) is 29.8 Å². The van der Waals surface area contributed by atoms with E-state index in [0.29, 0.717) is 17.2 Å². The maximum absolute atomic E-state index is 12.4. The Kier molecular flexibility index (Phi) is 6.25. The predicted octanol–water partition coefficient (Wildman–Crippen LogP) is 4.96. The summed E-state index contributed by atoms with van der Waals surface area (Å²) >= 11 is 1.31. The van der Waals surface area contributed by atoms with Gasteiger partial charge in [-0.1, -0.05) is 63.9 Å². The standard InChI is InChI=1S/C21H29N3O2S/c1-14(18(25)22-17-8-6-5-7-9-17)27-20-24-23-19(26-20)15-10-12-16(13-11-15)21(2,3)4/h10-14,17H,5-9H2,1-4H3,(H,22,25)/t14-/m1/s1. The zero-order chi connectivity index (χ0) is 19.4. The molecule has 146 valence electrons. The zero-order valence-corrected chi connectivity index (χ0v) is 17.4. The van der Waals surface area contributed by atoms with Gasteiger partial charge in [-0.3, -0.25) is 4.79 Å². The number of hydrogen-bond donors (Lipinski definition) is 1. The Morgan fingerprint density at radius 1 is 1.15 bits per heavy atom. The van der Waals surface area contributed by atoms with Crippen LogP contribution in [0.1, 0.15) is 65.4 Å². The lowest BCUT2D eigenvalue weighted by Crippen LogP contribution is -2.40. The number of hydrogen-bond acceptors (Lipinski definition) is 5. The number of nitrogens with one attached hydrogen (secondary N) is 1. The molecule has 1 N–H and O–H groups in total. The molecule has 0 unspecified atom stereocenters. The van der Waals surface area contributed by atoms with Crippen LogP contribution in [0.15, 0.2) is 33.9 Å². The third-order valence-corrected chi connectivity index (χ3v) is 5.94. The van der Waals surface area contributed by atoms with Crippen LogP contribution < -0.4 is 5.32 Å². The van der Waals surface area contributed by atoms with Gasteiger partial charge in [0.15, 0.2) is 0 Å². The number of carbonyl (C=O) groups is 1. The van der Waals surface area contributed by atoms with Crippen LogP contribution in [0.4, 0.5) is 0 Å². The van der Waals surface area contributed by atoms with Gasteiger partial charge in [-0.25, -0.2) is 0 Å². The quantitative estimate of drug-likeness (QED) is 0.734. The zero-order valence-electron chi connectivity index (χ0n) is 16.6. The van der Waals surface area contributed by atoms with Crippen LogP contribution in [-0.2, 0) is 10.2 Å². The lowest BCUT2D eigenvalue weighted by Gasteiger charge is -2.23. The Morgan fingerprint density at radius 2 is 1.81 bits per heavy atom. The number of rotatable bonds is 5. The van der Waals surface area contributed by atoms with E-state index in [2.05, 4.69) is 48.4 Å². The molecule has 1 saturated carbocycles. The molecule has 1 heterocycles. The van der Waals surface area contributed by atoms with Gasteiger partial charge in [0.1, 0.15) is 0 Å². The van der Waals surface area contributed by atoms with E-state index in [1.165, 1.54) is 36.6 Å². The van der Waals surface area contributed by atoms with Crippen LogP contribution in [0, 0.1) is 0 Å². The van der Waals surface area contributed by atoms with Gasteiger partial charge in [0.25, 0.3) is 5.22 Å². The number of nitrogens with zero attached hydrogens (tertiary/aromatic N) is 2. The van der Waals surface area contributed by atoms with Crippen LogP contribution in [-0.4, -0.2) is 27.4 Å². The molecule has 0 bridgehead atoms. The molecule has 1 aliphatic carbocycles. The SMILES string of the molecule is C[C@@H](Sc1nnc(-c2ccc(C(C)(C)C)cc2)o1)C(=O)NC1CCCCC1. The largest absolute Gasteiger partial charge is 0.411 e. The molecule has 1 amide bonds. The first-order valence-electron chi connectivity index (χ1n) is 9.74. The summed E-state index contributed by atoms with van der Waals surface area (Å²) in [5.74, 6) is 0.527. The van der Waals surface area contributed by atoms with Gasteiger partial charge in [-0.2, -0.15) is 0 Å².